The molecule has 0 aromatic heterocycles. The third-order valence-corrected chi connectivity index (χ3v) is 2.60. The molecule has 1 rings (SSSR count). The van der Waals surface area contributed by atoms with Gasteiger partial charge in [0.2, 0.25) is 5.91 Å². The SMILES string of the molecule is CCCCC(=O)Nc1ccc(I)cc1. The molecule has 1 aromatic rings. The Hall–Kier alpha value is -0.580. The number of halogens is 1. The van der Waals surface area contributed by atoms with Gasteiger partial charge in [-0.15, -0.1) is 0 Å². The molecule has 0 saturated heterocycles. The van der Waals surface area contributed by atoms with Gasteiger partial charge in [-0.2, -0.15) is 0 Å². The van der Waals surface area contributed by atoms with Gasteiger partial charge in [0.1, 0.15) is 0 Å². The highest BCUT2D eigenvalue weighted by molar-refractivity contribution is 14.1. The van der Waals surface area contributed by atoms with E-state index >= 15 is 0 Å². The molecule has 0 radical (unpaired) electrons. The molecule has 0 bridgehead atoms. The second kappa shape index (κ2) is 6.01. The lowest BCUT2D eigenvalue weighted by atomic mass is 10.2. The van der Waals surface area contributed by atoms with Gasteiger partial charge < -0.3 is 5.32 Å². The van der Waals surface area contributed by atoms with E-state index in [4.69, 9.17) is 0 Å². The van der Waals surface area contributed by atoms with Crippen LogP contribution in [0.4, 0.5) is 5.69 Å². The van der Waals surface area contributed by atoms with Crippen LogP contribution in [0.5, 0.6) is 0 Å². The number of amides is 1. The molecule has 1 amide bonds. The molecule has 0 aliphatic rings. The molecular weight excluding hydrogens is 289 g/mol. The van der Waals surface area contributed by atoms with Crippen molar-refractivity contribution in [3.63, 3.8) is 0 Å². The molecule has 0 unspecified atom stereocenters. The molecule has 0 aliphatic heterocycles. The monoisotopic (exact) mass is 303 g/mol. The third kappa shape index (κ3) is 4.09. The summed E-state index contributed by atoms with van der Waals surface area (Å²) >= 11 is 2.24. The fourth-order valence-corrected chi connectivity index (χ4v) is 1.45. The van der Waals surface area contributed by atoms with Crippen LogP contribution in [0.1, 0.15) is 26.2 Å². The van der Waals surface area contributed by atoms with Crippen LogP contribution < -0.4 is 5.32 Å². The Bertz CT molecular complexity index is 295. The van der Waals surface area contributed by atoms with Crippen molar-refractivity contribution in [1.29, 1.82) is 0 Å². The van der Waals surface area contributed by atoms with Crippen LogP contribution in [0.2, 0.25) is 0 Å². The van der Waals surface area contributed by atoms with Crippen LogP contribution in [0.15, 0.2) is 24.3 Å². The number of unbranched alkanes of at least 4 members (excludes halogenated alkanes) is 1. The number of carbonyl (C=O) groups excluding carboxylic acids is 1. The van der Waals surface area contributed by atoms with E-state index in [-0.39, 0.29) is 5.91 Å². The molecule has 2 nitrogen and oxygen atoms in total. The minimum atomic E-state index is 0.105. The number of benzene rings is 1. The van der Waals surface area contributed by atoms with Crippen molar-refractivity contribution in [3.8, 4) is 0 Å². The summed E-state index contributed by atoms with van der Waals surface area (Å²) in [6.45, 7) is 2.08. The van der Waals surface area contributed by atoms with Crippen molar-refractivity contribution < 1.29 is 4.79 Å². The van der Waals surface area contributed by atoms with E-state index in [1.165, 1.54) is 3.57 Å². The number of rotatable bonds is 4. The van der Waals surface area contributed by atoms with Crippen molar-refractivity contribution in [3.05, 3.63) is 27.8 Å². The van der Waals surface area contributed by atoms with E-state index in [1.54, 1.807) is 0 Å². The zero-order valence-electron chi connectivity index (χ0n) is 8.22. The molecule has 0 heterocycles. The van der Waals surface area contributed by atoms with Gasteiger partial charge in [-0.25, -0.2) is 0 Å². The van der Waals surface area contributed by atoms with Crippen LogP contribution in [0, 0.1) is 3.57 Å². The number of hydrogen-bond donors (Lipinski definition) is 1. The molecule has 14 heavy (non-hydrogen) atoms. The Morgan fingerprint density at radius 3 is 2.57 bits per heavy atom. The zero-order valence-corrected chi connectivity index (χ0v) is 10.4. The van der Waals surface area contributed by atoms with Crippen molar-refractivity contribution in [2.45, 2.75) is 26.2 Å². The third-order valence-electron chi connectivity index (χ3n) is 1.89. The number of anilines is 1. The Kier molecular flexibility index (Phi) is 4.93. The maximum atomic E-state index is 11.3. The number of hydrogen-bond acceptors (Lipinski definition) is 1. The summed E-state index contributed by atoms with van der Waals surface area (Å²) in [7, 11) is 0. The summed E-state index contributed by atoms with van der Waals surface area (Å²) in [4.78, 5) is 11.3. The van der Waals surface area contributed by atoms with E-state index in [2.05, 4.69) is 34.8 Å². The zero-order chi connectivity index (χ0) is 10.4. The summed E-state index contributed by atoms with van der Waals surface area (Å²) < 4.78 is 1.18. The summed E-state index contributed by atoms with van der Waals surface area (Å²) in [5, 5.41) is 2.86. The molecule has 0 fully saturated rings. The topological polar surface area (TPSA) is 29.1 Å². The van der Waals surface area contributed by atoms with Gasteiger partial charge in [0, 0.05) is 15.7 Å². The highest BCUT2D eigenvalue weighted by Gasteiger charge is 2.00. The van der Waals surface area contributed by atoms with Crippen molar-refractivity contribution in [1.82, 2.24) is 0 Å². The van der Waals surface area contributed by atoms with Crippen LogP contribution in [0.25, 0.3) is 0 Å². The average Bonchev–Trinajstić information content (AvgIpc) is 2.18. The minimum absolute atomic E-state index is 0.105. The van der Waals surface area contributed by atoms with Gasteiger partial charge in [-0.1, -0.05) is 13.3 Å². The molecule has 0 spiro atoms. The van der Waals surface area contributed by atoms with E-state index in [1.807, 2.05) is 24.3 Å². The van der Waals surface area contributed by atoms with Crippen LogP contribution in [-0.2, 0) is 4.79 Å². The van der Waals surface area contributed by atoms with E-state index in [9.17, 15) is 4.79 Å². The standard InChI is InChI=1S/C11H14INO/c1-2-3-4-11(14)13-10-7-5-9(12)6-8-10/h5-8H,2-4H2,1H3,(H,13,14). The Labute approximate surface area is 98.2 Å². The summed E-state index contributed by atoms with van der Waals surface area (Å²) in [5.74, 6) is 0.105. The molecule has 0 saturated carbocycles. The smallest absolute Gasteiger partial charge is 0.224 e. The number of carbonyl (C=O) groups is 1. The van der Waals surface area contributed by atoms with Gasteiger partial charge in [0.05, 0.1) is 0 Å². The summed E-state index contributed by atoms with van der Waals surface area (Å²) in [6, 6.07) is 7.81. The second-order valence-electron chi connectivity index (χ2n) is 3.16. The van der Waals surface area contributed by atoms with E-state index in [0.717, 1.165) is 18.5 Å². The summed E-state index contributed by atoms with van der Waals surface area (Å²) in [6.07, 6.45) is 2.62. The van der Waals surface area contributed by atoms with Crippen molar-refractivity contribution in [2.75, 3.05) is 5.32 Å². The minimum Gasteiger partial charge on any atom is -0.326 e. The lowest BCUT2D eigenvalue weighted by molar-refractivity contribution is -0.116. The highest BCUT2D eigenvalue weighted by Crippen LogP contribution is 2.11. The lowest BCUT2D eigenvalue weighted by Gasteiger charge is -2.04. The van der Waals surface area contributed by atoms with E-state index in [0.29, 0.717) is 6.42 Å². The first-order valence-corrected chi connectivity index (χ1v) is 5.85. The van der Waals surface area contributed by atoms with Gasteiger partial charge in [-0.3, -0.25) is 4.79 Å². The van der Waals surface area contributed by atoms with Crippen molar-refractivity contribution >= 4 is 34.2 Å². The molecule has 0 aliphatic carbocycles. The molecule has 1 N–H and O–H groups in total. The molecular formula is C11H14INO. The van der Waals surface area contributed by atoms with E-state index < -0.39 is 0 Å². The quantitative estimate of drug-likeness (QED) is 0.848. The average molecular weight is 303 g/mol. The Morgan fingerprint density at radius 1 is 1.36 bits per heavy atom. The van der Waals surface area contributed by atoms with Gasteiger partial charge in [0.15, 0.2) is 0 Å². The predicted octanol–water partition coefficient (Wildman–Crippen LogP) is 3.42. The van der Waals surface area contributed by atoms with Crippen LogP contribution in [0.3, 0.4) is 0 Å². The first-order chi connectivity index (χ1) is 6.72. The first kappa shape index (κ1) is 11.5. The Morgan fingerprint density at radius 2 is 2.00 bits per heavy atom. The Balaban J connectivity index is 2.44. The maximum Gasteiger partial charge on any atom is 0.224 e. The maximum absolute atomic E-state index is 11.3. The number of nitrogens with one attached hydrogen (secondary N) is 1. The summed E-state index contributed by atoms with van der Waals surface area (Å²) in [5.41, 5.74) is 0.881. The lowest BCUT2D eigenvalue weighted by Crippen LogP contribution is -2.10. The predicted molar refractivity (Wildman–Crippen MR) is 67.3 cm³/mol. The van der Waals surface area contributed by atoms with Gasteiger partial charge in [-0.05, 0) is 53.3 Å². The highest BCUT2D eigenvalue weighted by atomic mass is 127. The van der Waals surface area contributed by atoms with Gasteiger partial charge in [0.25, 0.3) is 0 Å². The molecule has 3 heteroatoms. The molecule has 1 aromatic carbocycles. The molecule has 0 atom stereocenters. The van der Waals surface area contributed by atoms with Gasteiger partial charge >= 0.3 is 0 Å². The fraction of sp³-hybridized carbons (Fsp3) is 0.364. The van der Waals surface area contributed by atoms with Crippen molar-refractivity contribution in [2.24, 2.45) is 0 Å². The van der Waals surface area contributed by atoms with Crippen LogP contribution in [-0.4, -0.2) is 5.91 Å². The first-order valence-electron chi connectivity index (χ1n) is 4.78. The second-order valence-corrected chi connectivity index (χ2v) is 4.40. The van der Waals surface area contributed by atoms with Crippen LogP contribution >= 0.6 is 22.6 Å². The molecule has 76 valence electrons. The fourth-order valence-electron chi connectivity index (χ4n) is 1.09. The largest absolute Gasteiger partial charge is 0.326 e. The normalized spacial score (nSPS) is 9.86.